The van der Waals surface area contributed by atoms with Crippen molar-refractivity contribution in [2.75, 3.05) is 27.2 Å². The van der Waals surface area contributed by atoms with Gasteiger partial charge in [-0.3, -0.25) is 4.79 Å². The van der Waals surface area contributed by atoms with Crippen LogP contribution in [0.1, 0.15) is 19.3 Å². The van der Waals surface area contributed by atoms with E-state index in [9.17, 15) is 4.79 Å². The zero-order valence-electron chi connectivity index (χ0n) is 8.35. The lowest BCUT2D eigenvalue weighted by Gasteiger charge is -2.40. The van der Waals surface area contributed by atoms with Gasteiger partial charge < -0.3 is 15.4 Å². The molecule has 1 amide bonds. The third-order valence-electron chi connectivity index (χ3n) is 2.71. The third-order valence-corrected chi connectivity index (χ3v) is 2.71. The van der Waals surface area contributed by atoms with Gasteiger partial charge in [-0.1, -0.05) is 0 Å². The summed E-state index contributed by atoms with van der Waals surface area (Å²) in [4.78, 5) is 10.9. The van der Waals surface area contributed by atoms with Gasteiger partial charge in [-0.05, 0) is 19.3 Å². The SMILES string of the molecule is CNC(=O)CNCC1(OC)CCC1. The number of rotatable bonds is 5. The normalized spacial score (nSPS) is 19.2. The van der Waals surface area contributed by atoms with E-state index in [1.807, 2.05) is 0 Å². The van der Waals surface area contributed by atoms with E-state index in [2.05, 4.69) is 10.6 Å². The lowest BCUT2D eigenvalue weighted by atomic mass is 9.80. The summed E-state index contributed by atoms with van der Waals surface area (Å²) >= 11 is 0. The molecule has 0 aromatic carbocycles. The molecule has 0 spiro atoms. The quantitative estimate of drug-likeness (QED) is 0.630. The molecule has 1 saturated carbocycles. The number of likely N-dealkylation sites (N-methyl/N-ethyl adjacent to an activating group) is 1. The second-order valence-electron chi connectivity index (χ2n) is 3.52. The smallest absolute Gasteiger partial charge is 0.233 e. The van der Waals surface area contributed by atoms with E-state index in [0.29, 0.717) is 6.54 Å². The number of nitrogens with one attached hydrogen (secondary N) is 2. The van der Waals surface area contributed by atoms with Crippen LogP contribution in [0.15, 0.2) is 0 Å². The highest BCUT2D eigenvalue weighted by molar-refractivity contribution is 5.77. The summed E-state index contributed by atoms with van der Waals surface area (Å²) in [5.74, 6) is 0.0191. The summed E-state index contributed by atoms with van der Waals surface area (Å²) in [7, 11) is 3.38. The van der Waals surface area contributed by atoms with Crippen molar-refractivity contribution in [1.29, 1.82) is 0 Å². The van der Waals surface area contributed by atoms with Gasteiger partial charge in [-0.25, -0.2) is 0 Å². The number of ether oxygens (including phenoxy) is 1. The van der Waals surface area contributed by atoms with Crippen molar-refractivity contribution >= 4 is 5.91 Å². The number of amides is 1. The Morgan fingerprint density at radius 1 is 1.54 bits per heavy atom. The van der Waals surface area contributed by atoms with E-state index in [-0.39, 0.29) is 11.5 Å². The molecular formula is C9H18N2O2. The van der Waals surface area contributed by atoms with E-state index in [1.54, 1.807) is 14.2 Å². The lowest BCUT2D eigenvalue weighted by molar-refractivity contribution is -0.120. The van der Waals surface area contributed by atoms with Crippen LogP contribution in [0, 0.1) is 0 Å². The maximum atomic E-state index is 10.9. The molecule has 0 bridgehead atoms. The largest absolute Gasteiger partial charge is 0.377 e. The van der Waals surface area contributed by atoms with Crippen LogP contribution >= 0.6 is 0 Å². The van der Waals surface area contributed by atoms with Crippen molar-refractivity contribution < 1.29 is 9.53 Å². The average molecular weight is 186 g/mol. The molecule has 0 aliphatic heterocycles. The minimum Gasteiger partial charge on any atom is -0.377 e. The summed E-state index contributed by atoms with van der Waals surface area (Å²) in [6.07, 6.45) is 3.43. The van der Waals surface area contributed by atoms with Gasteiger partial charge in [0.15, 0.2) is 0 Å². The molecule has 1 aliphatic carbocycles. The first kappa shape index (κ1) is 10.5. The first-order valence-electron chi connectivity index (χ1n) is 4.69. The van der Waals surface area contributed by atoms with E-state index < -0.39 is 0 Å². The minimum atomic E-state index is 0.00796. The Balaban J connectivity index is 2.14. The third kappa shape index (κ3) is 2.67. The van der Waals surface area contributed by atoms with Crippen LogP contribution in [0.25, 0.3) is 0 Å². The average Bonchev–Trinajstić information content (AvgIpc) is 2.09. The van der Waals surface area contributed by atoms with Crippen LogP contribution in [0.5, 0.6) is 0 Å². The topological polar surface area (TPSA) is 50.4 Å². The van der Waals surface area contributed by atoms with Gasteiger partial charge in [-0.15, -0.1) is 0 Å². The van der Waals surface area contributed by atoms with Crippen molar-refractivity contribution in [3.63, 3.8) is 0 Å². The van der Waals surface area contributed by atoms with Crippen LogP contribution in [0.2, 0.25) is 0 Å². The molecule has 0 heterocycles. The minimum absolute atomic E-state index is 0.00796. The molecule has 13 heavy (non-hydrogen) atoms. The predicted octanol–water partition coefficient (Wildman–Crippen LogP) is -0.109. The predicted molar refractivity (Wildman–Crippen MR) is 50.5 cm³/mol. The molecule has 1 fully saturated rings. The summed E-state index contributed by atoms with van der Waals surface area (Å²) in [5, 5.41) is 5.66. The fourth-order valence-corrected chi connectivity index (χ4v) is 1.52. The first-order valence-corrected chi connectivity index (χ1v) is 4.69. The molecule has 0 saturated heterocycles. The number of carbonyl (C=O) groups is 1. The highest BCUT2D eigenvalue weighted by Gasteiger charge is 2.36. The van der Waals surface area contributed by atoms with Crippen molar-refractivity contribution in [3.05, 3.63) is 0 Å². The van der Waals surface area contributed by atoms with E-state index in [4.69, 9.17) is 4.74 Å². The Kier molecular flexibility index (Phi) is 3.69. The van der Waals surface area contributed by atoms with E-state index in [1.165, 1.54) is 6.42 Å². The van der Waals surface area contributed by atoms with Crippen LogP contribution in [-0.4, -0.2) is 38.8 Å². The Morgan fingerprint density at radius 3 is 2.62 bits per heavy atom. The van der Waals surface area contributed by atoms with Crippen LogP contribution < -0.4 is 10.6 Å². The summed E-state index contributed by atoms with van der Waals surface area (Å²) in [5.41, 5.74) is 0.00796. The summed E-state index contributed by atoms with van der Waals surface area (Å²) < 4.78 is 5.40. The fourth-order valence-electron chi connectivity index (χ4n) is 1.52. The number of hydrogen-bond donors (Lipinski definition) is 2. The summed E-state index contributed by atoms with van der Waals surface area (Å²) in [6, 6.07) is 0. The lowest BCUT2D eigenvalue weighted by Crippen LogP contribution is -2.49. The van der Waals surface area contributed by atoms with Crippen molar-refractivity contribution in [3.8, 4) is 0 Å². The summed E-state index contributed by atoms with van der Waals surface area (Å²) in [6.45, 7) is 1.15. The number of carbonyl (C=O) groups excluding carboxylic acids is 1. The second kappa shape index (κ2) is 4.58. The maximum absolute atomic E-state index is 10.9. The van der Waals surface area contributed by atoms with Crippen LogP contribution in [0.4, 0.5) is 0 Å². The standard InChI is InChI=1S/C9H18N2O2/c1-10-8(12)6-11-7-9(13-2)4-3-5-9/h11H,3-7H2,1-2H3,(H,10,12). The Bertz CT molecular complexity index is 173. The molecule has 1 rings (SSSR count). The van der Waals surface area contributed by atoms with Crippen LogP contribution in [-0.2, 0) is 9.53 Å². The number of methoxy groups -OCH3 is 1. The number of hydrogen-bond acceptors (Lipinski definition) is 3. The molecule has 4 nitrogen and oxygen atoms in total. The zero-order chi connectivity index (χ0) is 9.73. The van der Waals surface area contributed by atoms with Gasteiger partial charge in [0.2, 0.25) is 5.91 Å². The molecule has 0 atom stereocenters. The Morgan fingerprint density at radius 2 is 2.23 bits per heavy atom. The molecule has 76 valence electrons. The zero-order valence-corrected chi connectivity index (χ0v) is 8.35. The molecule has 0 unspecified atom stereocenters. The monoisotopic (exact) mass is 186 g/mol. The highest BCUT2D eigenvalue weighted by atomic mass is 16.5. The van der Waals surface area contributed by atoms with Gasteiger partial charge in [0.05, 0.1) is 12.1 Å². The van der Waals surface area contributed by atoms with Crippen LogP contribution in [0.3, 0.4) is 0 Å². The molecule has 2 N–H and O–H groups in total. The highest BCUT2D eigenvalue weighted by Crippen LogP contribution is 2.34. The van der Waals surface area contributed by atoms with E-state index >= 15 is 0 Å². The molecule has 0 radical (unpaired) electrons. The first-order chi connectivity index (χ1) is 6.22. The van der Waals surface area contributed by atoms with Gasteiger partial charge in [0.1, 0.15) is 0 Å². The molecule has 0 aromatic rings. The van der Waals surface area contributed by atoms with Gasteiger partial charge in [0.25, 0.3) is 0 Å². The van der Waals surface area contributed by atoms with Crippen molar-refractivity contribution in [1.82, 2.24) is 10.6 Å². The molecular weight excluding hydrogens is 168 g/mol. The maximum Gasteiger partial charge on any atom is 0.233 e. The Hall–Kier alpha value is -0.610. The van der Waals surface area contributed by atoms with Crippen molar-refractivity contribution in [2.45, 2.75) is 24.9 Å². The van der Waals surface area contributed by atoms with E-state index in [0.717, 1.165) is 19.4 Å². The van der Waals surface area contributed by atoms with Crippen molar-refractivity contribution in [2.24, 2.45) is 0 Å². The molecule has 1 aliphatic rings. The Labute approximate surface area is 79.0 Å². The van der Waals surface area contributed by atoms with Gasteiger partial charge >= 0.3 is 0 Å². The molecule has 4 heteroatoms. The fraction of sp³-hybridized carbons (Fsp3) is 0.889. The van der Waals surface area contributed by atoms with Gasteiger partial charge in [-0.2, -0.15) is 0 Å². The second-order valence-corrected chi connectivity index (χ2v) is 3.52. The molecule has 0 aromatic heterocycles. The van der Waals surface area contributed by atoms with Gasteiger partial charge in [0, 0.05) is 20.7 Å².